The molecule has 1 nitrogen and oxygen atoms in total. The van der Waals surface area contributed by atoms with Crippen LogP contribution in [0.4, 0.5) is 0 Å². The van der Waals surface area contributed by atoms with Gasteiger partial charge in [-0.1, -0.05) is 68.7 Å². The molecule has 0 aliphatic carbocycles. The molecule has 0 unspecified atom stereocenters. The first-order valence-corrected chi connectivity index (χ1v) is 7.24. The monoisotopic (exact) mass is 244 g/mol. The largest absolute Gasteiger partial charge is 0.370 e. The second-order valence-corrected chi connectivity index (χ2v) is 5.15. The quantitative estimate of drug-likeness (QED) is 0.528. The van der Waals surface area contributed by atoms with Gasteiger partial charge in [0, 0.05) is 6.42 Å². The summed E-state index contributed by atoms with van der Waals surface area (Å²) in [5.41, 5.74) is 1.36. The molecule has 1 heterocycles. The first-order chi connectivity index (χ1) is 8.88. The number of hydrogen-bond donors (Lipinski definition) is 0. The van der Waals surface area contributed by atoms with E-state index in [9.17, 15) is 0 Å². The average molecular weight is 244 g/mol. The van der Waals surface area contributed by atoms with Crippen molar-refractivity contribution in [2.75, 3.05) is 0 Å². The summed E-state index contributed by atoms with van der Waals surface area (Å²) in [7, 11) is 0. The molecular formula is C17H24O. The van der Waals surface area contributed by atoms with E-state index in [1.54, 1.807) is 0 Å². The highest BCUT2D eigenvalue weighted by molar-refractivity contribution is 5.17. The Bertz CT molecular complexity index is 355. The number of rotatable bonds is 6. The molecule has 0 spiro atoms. The van der Waals surface area contributed by atoms with Crippen LogP contribution in [0.2, 0.25) is 0 Å². The first kappa shape index (κ1) is 13.4. The molecule has 0 radical (unpaired) electrons. The fourth-order valence-corrected chi connectivity index (χ4v) is 2.50. The summed E-state index contributed by atoms with van der Waals surface area (Å²) in [6.07, 6.45) is 12.5. The van der Waals surface area contributed by atoms with Gasteiger partial charge in [0.05, 0.1) is 12.2 Å². The van der Waals surface area contributed by atoms with Gasteiger partial charge in [-0.3, -0.25) is 0 Å². The zero-order valence-corrected chi connectivity index (χ0v) is 11.3. The molecule has 0 amide bonds. The molecule has 0 aromatic heterocycles. The van der Waals surface area contributed by atoms with Gasteiger partial charge in [-0.15, -0.1) is 0 Å². The predicted octanol–water partition coefficient (Wildman–Crippen LogP) is 4.52. The van der Waals surface area contributed by atoms with Crippen molar-refractivity contribution in [2.45, 2.75) is 57.7 Å². The summed E-state index contributed by atoms with van der Waals surface area (Å²) in [5, 5.41) is 0. The molecule has 0 N–H and O–H groups in total. The van der Waals surface area contributed by atoms with Crippen molar-refractivity contribution in [3.63, 3.8) is 0 Å². The molecule has 98 valence electrons. The lowest BCUT2D eigenvalue weighted by molar-refractivity contribution is 0.000939. The van der Waals surface area contributed by atoms with Gasteiger partial charge in [-0.25, -0.2) is 0 Å². The van der Waals surface area contributed by atoms with Crippen LogP contribution >= 0.6 is 0 Å². The van der Waals surface area contributed by atoms with Crippen LogP contribution in [0.1, 0.15) is 44.6 Å². The van der Waals surface area contributed by atoms with E-state index in [-0.39, 0.29) is 6.10 Å². The second kappa shape index (κ2) is 7.38. The minimum atomic E-state index is 0.271. The molecule has 1 aromatic rings. The fourth-order valence-electron chi connectivity index (χ4n) is 2.50. The van der Waals surface area contributed by atoms with E-state index in [1.165, 1.54) is 31.2 Å². The Morgan fingerprint density at radius 1 is 1.17 bits per heavy atom. The number of unbranched alkanes of at least 4 members (excludes halogenated alkanes) is 2. The maximum atomic E-state index is 6.15. The third-order valence-corrected chi connectivity index (χ3v) is 3.53. The zero-order valence-electron chi connectivity index (χ0n) is 11.3. The van der Waals surface area contributed by atoms with Crippen LogP contribution in [-0.2, 0) is 11.2 Å². The highest BCUT2D eigenvalue weighted by atomic mass is 16.5. The molecule has 18 heavy (non-hydrogen) atoms. The maximum absolute atomic E-state index is 6.15. The Morgan fingerprint density at radius 2 is 2.00 bits per heavy atom. The summed E-state index contributed by atoms with van der Waals surface area (Å²) in [6, 6.07) is 10.6. The second-order valence-electron chi connectivity index (χ2n) is 5.15. The summed E-state index contributed by atoms with van der Waals surface area (Å²) >= 11 is 0. The summed E-state index contributed by atoms with van der Waals surface area (Å²) < 4.78 is 6.15. The van der Waals surface area contributed by atoms with Crippen LogP contribution in [0.15, 0.2) is 42.5 Å². The van der Waals surface area contributed by atoms with E-state index < -0.39 is 0 Å². The fraction of sp³-hybridized carbons (Fsp3) is 0.529. The molecule has 0 saturated heterocycles. The van der Waals surface area contributed by atoms with Crippen molar-refractivity contribution in [1.82, 2.24) is 0 Å². The Hall–Kier alpha value is -1.08. The lowest BCUT2D eigenvalue weighted by Crippen LogP contribution is -2.25. The van der Waals surface area contributed by atoms with Crippen molar-refractivity contribution >= 4 is 0 Å². The van der Waals surface area contributed by atoms with Crippen LogP contribution in [-0.4, -0.2) is 12.2 Å². The van der Waals surface area contributed by atoms with E-state index in [0.29, 0.717) is 6.10 Å². The van der Waals surface area contributed by atoms with Gasteiger partial charge in [0.1, 0.15) is 0 Å². The van der Waals surface area contributed by atoms with E-state index in [4.69, 9.17) is 4.74 Å². The first-order valence-electron chi connectivity index (χ1n) is 7.24. The van der Waals surface area contributed by atoms with Gasteiger partial charge in [-0.2, -0.15) is 0 Å². The van der Waals surface area contributed by atoms with Gasteiger partial charge < -0.3 is 4.74 Å². The van der Waals surface area contributed by atoms with Gasteiger partial charge in [-0.05, 0) is 18.4 Å². The third kappa shape index (κ3) is 4.30. The molecule has 1 aliphatic heterocycles. The maximum Gasteiger partial charge on any atom is 0.0800 e. The highest BCUT2D eigenvalue weighted by Gasteiger charge is 2.17. The van der Waals surface area contributed by atoms with Crippen molar-refractivity contribution in [2.24, 2.45) is 0 Å². The van der Waals surface area contributed by atoms with Crippen LogP contribution in [0.5, 0.6) is 0 Å². The molecular weight excluding hydrogens is 220 g/mol. The SMILES string of the molecule is CCCCC[C@H]1CC=C[C@@H](Cc2ccccc2)O1. The van der Waals surface area contributed by atoms with Crippen molar-refractivity contribution in [3.05, 3.63) is 48.0 Å². The summed E-state index contributed by atoms with van der Waals surface area (Å²) in [6.45, 7) is 2.25. The number of ether oxygens (including phenoxy) is 1. The Balaban J connectivity index is 1.80. The molecule has 0 bridgehead atoms. The van der Waals surface area contributed by atoms with Crippen molar-refractivity contribution in [3.8, 4) is 0 Å². The van der Waals surface area contributed by atoms with Gasteiger partial charge in [0.2, 0.25) is 0 Å². The molecule has 0 saturated carbocycles. The Kier molecular flexibility index (Phi) is 5.47. The number of benzene rings is 1. The summed E-state index contributed by atoms with van der Waals surface area (Å²) in [4.78, 5) is 0. The van der Waals surface area contributed by atoms with E-state index in [2.05, 4.69) is 49.4 Å². The Morgan fingerprint density at radius 3 is 2.78 bits per heavy atom. The van der Waals surface area contributed by atoms with Crippen molar-refractivity contribution < 1.29 is 4.74 Å². The van der Waals surface area contributed by atoms with E-state index in [1.807, 2.05) is 0 Å². The number of hydrogen-bond acceptors (Lipinski definition) is 1. The lowest BCUT2D eigenvalue weighted by Gasteiger charge is -2.26. The molecule has 2 rings (SSSR count). The Labute approximate surface area is 111 Å². The van der Waals surface area contributed by atoms with E-state index in [0.717, 1.165) is 12.8 Å². The normalized spacial score (nSPS) is 23.2. The lowest BCUT2D eigenvalue weighted by atomic mass is 10.0. The van der Waals surface area contributed by atoms with E-state index >= 15 is 0 Å². The minimum absolute atomic E-state index is 0.271. The van der Waals surface area contributed by atoms with Crippen LogP contribution in [0.25, 0.3) is 0 Å². The topological polar surface area (TPSA) is 9.23 Å². The molecule has 0 fully saturated rings. The standard InChI is InChI=1S/C17H24O/c1-2-3-5-11-16-12-8-13-17(18-16)14-15-9-6-4-7-10-15/h4,6-10,13,16-17H,2-3,5,11-12,14H2,1H3/t16-,17-/m0/s1. The average Bonchev–Trinajstić information content (AvgIpc) is 2.41. The molecule has 1 aromatic carbocycles. The van der Waals surface area contributed by atoms with Crippen molar-refractivity contribution in [1.29, 1.82) is 0 Å². The minimum Gasteiger partial charge on any atom is -0.370 e. The predicted molar refractivity (Wildman–Crippen MR) is 76.7 cm³/mol. The smallest absolute Gasteiger partial charge is 0.0800 e. The highest BCUT2D eigenvalue weighted by Crippen LogP contribution is 2.20. The zero-order chi connectivity index (χ0) is 12.6. The molecule has 1 heteroatoms. The molecule has 1 aliphatic rings. The van der Waals surface area contributed by atoms with Crippen LogP contribution in [0, 0.1) is 0 Å². The van der Waals surface area contributed by atoms with Gasteiger partial charge >= 0.3 is 0 Å². The van der Waals surface area contributed by atoms with Crippen LogP contribution in [0.3, 0.4) is 0 Å². The molecule has 2 atom stereocenters. The summed E-state index contributed by atoms with van der Waals surface area (Å²) in [5.74, 6) is 0. The van der Waals surface area contributed by atoms with Gasteiger partial charge in [0.15, 0.2) is 0 Å². The third-order valence-electron chi connectivity index (χ3n) is 3.53. The van der Waals surface area contributed by atoms with Gasteiger partial charge in [0.25, 0.3) is 0 Å². The van der Waals surface area contributed by atoms with Crippen LogP contribution < -0.4 is 0 Å².